The van der Waals surface area contributed by atoms with E-state index in [-0.39, 0.29) is 5.69 Å². The van der Waals surface area contributed by atoms with Gasteiger partial charge in [0.2, 0.25) is 15.9 Å². The van der Waals surface area contributed by atoms with Crippen LogP contribution in [0.5, 0.6) is 0 Å². The number of carbonyl (C=O) groups is 1. The highest BCUT2D eigenvalue weighted by atomic mass is 32.2. The van der Waals surface area contributed by atoms with Crippen molar-refractivity contribution in [3.05, 3.63) is 23.8 Å². The highest BCUT2D eigenvalue weighted by Gasteiger charge is 2.29. The molecule has 0 spiro atoms. The Hall–Kier alpha value is -1.74. The average molecular weight is 279 g/mol. The van der Waals surface area contributed by atoms with Gasteiger partial charge in [-0.3, -0.25) is 4.79 Å². The SMILES string of the molecule is CN(CC(N)=O)S(=O)(=O)c1c(F)cc(N)cc1F. The molecule has 100 valence electrons. The molecule has 0 bridgehead atoms. The van der Waals surface area contributed by atoms with E-state index in [4.69, 9.17) is 11.5 Å². The molecule has 1 rings (SSSR count). The van der Waals surface area contributed by atoms with Crippen molar-refractivity contribution in [1.82, 2.24) is 4.31 Å². The number of primary amides is 1. The number of benzene rings is 1. The molecule has 0 radical (unpaired) electrons. The van der Waals surface area contributed by atoms with Crippen molar-refractivity contribution >= 4 is 21.6 Å². The molecule has 0 heterocycles. The van der Waals surface area contributed by atoms with Crippen LogP contribution in [0, 0.1) is 11.6 Å². The van der Waals surface area contributed by atoms with Gasteiger partial charge in [0, 0.05) is 12.7 Å². The number of rotatable bonds is 4. The molecule has 1 aromatic carbocycles. The van der Waals surface area contributed by atoms with Gasteiger partial charge >= 0.3 is 0 Å². The topological polar surface area (TPSA) is 106 Å². The number of nitrogen functional groups attached to an aromatic ring is 1. The van der Waals surface area contributed by atoms with Gasteiger partial charge in [-0.05, 0) is 12.1 Å². The molecular formula is C9H11F2N3O3S. The maximum atomic E-state index is 13.5. The van der Waals surface area contributed by atoms with Crippen LogP contribution in [0.4, 0.5) is 14.5 Å². The van der Waals surface area contributed by atoms with E-state index in [1.165, 1.54) is 0 Å². The number of hydrogen-bond donors (Lipinski definition) is 2. The van der Waals surface area contributed by atoms with E-state index in [0.717, 1.165) is 7.05 Å². The van der Waals surface area contributed by atoms with Crippen molar-refractivity contribution in [2.24, 2.45) is 5.73 Å². The summed E-state index contributed by atoms with van der Waals surface area (Å²) in [5.41, 5.74) is 9.73. The summed E-state index contributed by atoms with van der Waals surface area (Å²) < 4.78 is 51.0. The van der Waals surface area contributed by atoms with E-state index in [9.17, 15) is 22.0 Å². The minimum atomic E-state index is -4.49. The molecule has 6 nitrogen and oxygen atoms in total. The van der Waals surface area contributed by atoms with E-state index in [1.807, 2.05) is 0 Å². The molecule has 0 aliphatic carbocycles. The summed E-state index contributed by atoms with van der Waals surface area (Å²) in [6.45, 7) is -0.689. The monoisotopic (exact) mass is 279 g/mol. The van der Waals surface area contributed by atoms with Crippen LogP contribution in [0.15, 0.2) is 17.0 Å². The fraction of sp³-hybridized carbons (Fsp3) is 0.222. The Kier molecular flexibility index (Phi) is 3.87. The van der Waals surface area contributed by atoms with Crippen molar-refractivity contribution in [2.75, 3.05) is 19.3 Å². The van der Waals surface area contributed by atoms with Crippen molar-refractivity contribution in [2.45, 2.75) is 4.90 Å². The Bertz CT molecular complexity index is 566. The first-order valence-corrected chi connectivity index (χ1v) is 6.09. The van der Waals surface area contributed by atoms with Crippen molar-refractivity contribution in [1.29, 1.82) is 0 Å². The molecule has 0 unspecified atom stereocenters. The number of likely N-dealkylation sites (N-methyl/N-ethyl adjacent to an activating group) is 1. The quantitative estimate of drug-likeness (QED) is 0.735. The average Bonchev–Trinajstić information content (AvgIpc) is 2.13. The van der Waals surface area contributed by atoms with Gasteiger partial charge in [0.05, 0.1) is 6.54 Å². The van der Waals surface area contributed by atoms with Crippen LogP contribution in [0.1, 0.15) is 0 Å². The second-order valence-electron chi connectivity index (χ2n) is 3.54. The summed E-state index contributed by atoms with van der Waals surface area (Å²) in [6.07, 6.45) is 0. The number of amides is 1. The molecular weight excluding hydrogens is 268 g/mol. The molecule has 9 heteroatoms. The zero-order chi connectivity index (χ0) is 14.1. The van der Waals surface area contributed by atoms with Crippen LogP contribution >= 0.6 is 0 Å². The summed E-state index contributed by atoms with van der Waals surface area (Å²) in [6, 6.07) is 1.35. The van der Waals surface area contributed by atoms with E-state index >= 15 is 0 Å². The number of sulfonamides is 1. The highest BCUT2D eigenvalue weighted by molar-refractivity contribution is 7.89. The number of nitrogens with two attached hydrogens (primary N) is 2. The molecule has 1 aromatic rings. The third kappa shape index (κ3) is 2.74. The fourth-order valence-electron chi connectivity index (χ4n) is 1.29. The Morgan fingerprint density at radius 3 is 2.17 bits per heavy atom. The van der Waals surface area contributed by atoms with Gasteiger partial charge < -0.3 is 11.5 Å². The van der Waals surface area contributed by atoms with Crippen LogP contribution < -0.4 is 11.5 Å². The first-order valence-electron chi connectivity index (χ1n) is 4.65. The Morgan fingerprint density at radius 2 is 1.78 bits per heavy atom. The van der Waals surface area contributed by atoms with Crippen LogP contribution in [0.3, 0.4) is 0 Å². The molecule has 4 N–H and O–H groups in total. The van der Waals surface area contributed by atoms with E-state index < -0.39 is 39.0 Å². The minimum absolute atomic E-state index is 0.249. The molecule has 0 aliphatic heterocycles. The van der Waals surface area contributed by atoms with Crippen molar-refractivity contribution in [3.63, 3.8) is 0 Å². The maximum Gasteiger partial charge on any atom is 0.249 e. The lowest BCUT2D eigenvalue weighted by Gasteiger charge is -2.16. The van der Waals surface area contributed by atoms with Crippen molar-refractivity contribution < 1.29 is 22.0 Å². The van der Waals surface area contributed by atoms with Gasteiger partial charge in [-0.15, -0.1) is 0 Å². The Labute approximate surface area is 102 Å². The normalized spacial score (nSPS) is 11.8. The molecule has 0 fully saturated rings. The minimum Gasteiger partial charge on any atom is -0.399 e. The van der Waals surface area contributed by atoms with Crippen LogP contribution in [-0.4, -0.2) is 32.2 Å². The second-order valence-corrected chi connectivity index (χ2v) is 5.52. The highest BCUT2D eigenvalue weighted by Crippen LogP contribution is 2.24. The first-order chi connectivity index (χ1) is 8.16. The zero-order valence-corrected chi connectivity index (χ0v) is 10.2. The zero-order valence-electron chi connectivity index (χ0n) is 9.35. The van der Waals surface area contributed by atoms with E-state index in [2.05, 4.69) is 0 Å². The predicted molar refractivity (Wildman–Crippen MR) is 59.8 cm³/mol. The van der Waals surface area contributed by atoms with E-state index in [1.54, 1.807) is 0 Å². The van der Waals surface area contributed by atoms with Crippen molar-refractivity contribution in [3.8, 4) is 0 Å². The van der Waals surface area contributed by atoms with Crippen LogP contribution in [-0.2, 0) is 14.8 Å². The summed E-state index contributed by atoms with van der Waals surface area (Å²) in [7, 11) is -3.50. The van der Waals surface area contributed by atoms with Gasteiger partial charge in [-0.1, -0.05) is 0 Å². The second kappa shape index (κ2) is 4.86. The van der Waals surface area contributed by atoms with Gasteiger partial charge in [0.1, 0.15) is 11.6 Å². The van der Waals surface area contributed by atoms with Crippen LogP contribution in [0.25, 0.3) is 0 Å². The third-order valence-electron chi connectivity index (χ3n) is 2.07. The van der Waals surface area contributed by atoms with Gasteiger partial charge in [-0.2, -0.15) is 4.31 Å². The van der Waals surface area contributed by atoms with Gasteiger partial charge in [0.15, 0.2) is 4.90 Å². The molecule has 0 aromatic heterocycles. The third-order valence-corrected chi connectivity index (χ3v) is 3.92. The molecule has 0 saturated heterocycles. The van der Waals surface area contributed by atoms with Gasteiger partial charge in [-0.25, -0.2) is 17.2 Å². The summed E-state index contributed by atoms with van der Waals surface area (Å²) in [5, 5.41) is 0. The largest absolute Gasteiger partial charge is 0.399 e. The summed E-state index contributed by atoms with van der Waals surface area (Å²) in [4.78, 5) is 9.45. The Morgan fingerprint density at radius 1 is 1.33 bits per heavy atom. The lowest BCUT2D eigenvalue weighted by Crippen LogP contribution is -2.36. The number of carbonyl (C=O) groups excluding carboxylic acids is 1. The smallest absolute Gasteiger partial charge is 0.249 e. The first kappa shape index (κ1) is 14.3. The van der Waals surface area contributed by atoms with Gasteiger partial charge in [0.25, 0.3) is 0 Å². The number of halogens is 2. The lowest BCUT2D eigenvalue weighted by atomic mass is 10.3. The number of hydrogen-bond acceptors (Lipinski definition) is 4. The lowest BCUT2D eigenvalue weighted by molar-refractivity contribution is -0.118. The molecule has 1 amide bonds. The summed E-state index contributed by atoms with van der Waals surface area (Å²) >= 11 is 0. The molecule has 0 saturated carbocycles. The molecule has 18 heavy (non-hydrogen) atoms. The number of anilines is 1. The van der Waals surface area contributed by atoms with Crippen LogP contribution in [0.2, 0.25) is 0 Å². The maximum absolute atomic E-state index is 13.5. The fourth-order valence-corrected chi connectivity index (χ4v) is 2.51. The molecule has 0 aliphatic rings. The number of nitrogens with zero attached hydrogens (tertiary/aromatic N) is 1. The Balaban J connectivity index is 3.33. The molecule has 0 atom stereocenters. The van der Waals surface area contributed by atoms with E-state index in [0.29, 0.717) is 16.4 Å². The predicted octanol–water partition coefficient (Wildman–Crippen LogP) is -0.347. The summed E-state index contributed by atoms with van der Waals surface area (Å²) in [5.74, 6) is -3.61. The standard InChI is InChI=1S/C9H11F2N3O3S/c1-14(4-8(13)15)18(16,17)9-6(10)2-5(12)3-7(9)11/h2-3H,4,12H2,1H3,(H2,13,15).